The Morgan fingerprint density at radius 1 is 1.06 bits per heavy atom. The summed E-state index contributed by atoms with van der Waals surface area (Å²) >= 11 is 0. The number of fused-ring (bicyclic) bond motifs is 1. The number of unbranched alkanes of at least 4 members (excludes halogenated alkanes) is 7. The number of aromatic nitrogens is 2. The Morgan fingerprint density at radius 3 is 2.50 bits per heavy atom. The molecule has 198 valence electrons. The van der Waals surface area contributed by atoms with E-state index in [4.69, 9.17) is 4.74 Å². The summed E-state index contributed by atoms with van der Waals surface area (Å²) < 4.78 is 8.24. The third-order valence-corrected chi connectivity index (χ3v) is 6.83. The van der Waals surface area contributed by atoms with Gasteiger partial charge in [0, 0.05) is 20.0 Å². The van der Waals surface area contributed by atoms with Crippen LogP contribution in [0.25, 0.3) is 11.0 Å². The van der Waals surface area contributed by atoms with Crippen LogP contribution in [0.5, 0.6) is 0 Å². The summed E-state index contributed by atoms with van der Waals surface area (Å²) in [5.41, 5.74) is 2.50. The molecule has 9 nitrogen and oxygen atoms in total. The summed E-state index contributed by atoms with van der Waals surface area (Å²) in [5, 5.41) is 5.15. The highest BCUT2D eigenvalue weighted by molar-refractivity contribution is 6.00. The second kappa shape index (κ2) is 13.8. The molecule has 1 saturated heterocycles. The Bertz CT molecular complexity index is 1100. The SMILES string of the molecule is CCCCOC(=O)NCCCCCCCCCc1cccc2c1n(C)c(=O)n2C1CCC(=O)NC1=O. The molecule has 0 spiro atoms. The third kappa shape index (κ3) is 7.21. The zero-order valence-corrected chi connectivity index (χ0v) is 21.6. The molecule has 36 heavy (non-hydrogen) atoms. The maximum absolute atomic E-state index is 13.0. The van der Waals surface area contributed by atoms with Crippen molar-refractivity contribution in [1.29, 1.82) is 0 Å². The maximum atomic E-state index is 13.0. The van der Waals surface area contributed by atoms with Crippen LogP contribution in [0.1, 0.15) is 89.2 Å². The Balaban J connectivity index is 1.41. The Morgan fingerprint density at radius 2 is 1.78 bits per heavy atom. The van der Waals surface area contributed by atoms with Crippen LogP contribution in [-0.2, 0) is 27.8 Å². The van der Waals surface area contributed by atoms with E-state index in [2.05, 4.69) is 23.6 Å². The zero-order valence-electron chi connectivity index (χ0n) is 21.6. The fraction of sp³-hybridized carbons (Fsp3) is 0.630. The fourth-order valence-electron chi connectivity index (χ4n) is 4.83. The first-order valence-corrected chi connectivity index (χ1v) is 13.4. The number of para-hydroxylation sites is 1. The molecule has 1 aromatic heterocycles. The number of aryl methyl sites for hydroxylation is 2. The molecule has 0 aliphatic carbocycles. The summed E-state index contributed by atoms with van der Waals surface area (Å²) in [6.45, 7) is 3.21. The van der Waals surface area contributed by atoms with Crippen molar-refractivity contribution in [3.63, 3.8) is 0 Å². The van der Waals surface area contributed by atoms with Gasteiger partial charge in [-0.2, -0.15) is 0 Å². The van der Waals surface area contributed by atoms with Crippen molar-refractivity contribution in [1.82, 2.24) is 19.8 Å². The smallest absolute Gasteiger partial charge is 0.407 e. The number of amides is 3. The predicted octanol–water partition coefficient (Wildman–Crippen LogP) is 4.12. The lowest BCUT2D eigenvalue weighted by molar-refractivity contribution is -0.135. The van der Waals surface area contributed by atoms with Crippen molar-refractivity contribution in [2.75, 3.05) is 13.2 Å². The quantitative estimate of drug-likeness (QED) is 0.299. The molecule has 1 unspecified atom stereocenters. The van der Waals surface area contributed by atoms with Gasteiger partial charge in [0.15, 0.2) is 0 Å². The molecule has 2 heterocycles. The maximum Gasteiger partial charge on any atom is 0.407 e. The van der Waals surface area contributed by atoms with E-state index in [0.717, 1.165) is 80.8 Å². The summed E-state index contributed by atoms with van der Waals surface area (Å²) in [7, 11) is 1.75. The van der Waals surface area contributed by atoms with Gasteiger partial charge in [-0.05, 0) is 43.7 Å². The highest BCUT2D eigenvalue weighted by Crippen LogP contribution is 2.26. The first-order valence-electron chi connectivity index (χ1n) is 13.4. The molecule has 1 atom stereocenters. The second-order valence-corrected chi connectivity index (χ2v) is 9.60. The number of hydrogen-bond donors (Lipinski definition) is 2. The highest BCUT2D eigenvalue weighted by atomic mass is 16.5. The average Bonchev–Trinajstić information content (AvgIpc) is 3.11. The zero-order chi connectivity index (χ0) is 25.9. The molecule has 1 aromatic carbocycles. The van der Waals surface area contributed by atoms with Gasteiger partial charge in [-0.3, -0.25) is 24.0 Å². The first kappa shape index (κ1) is 27.5. The number of ether oxygens (including phenoxy) is 1. The van der Waals surface area contributed by atoms with Crippen LogP contribution in [0, 0.1) is 0 Å². The fourth-order valence-corrected chi connectivity index (χ4v) is 4.83. The molecule has 3 rings (SSSR count). The normalized spacial score (nSPS) is 15.8. The summed E-state index contributed by atoms with van der Waals surface area (Å²) in [5.74, 6) is -0.696. The van der Waals surface area contributed by atoms with Crippen molar-refractivity contribution < 1.29 is 19.1 Å². The number of hydrogen-bond acceptors (Lipinski definition) is 5. The van der Waals surface area contributed by atoms with Crippen molar-refractivity contribution in [2.24, 2.45) is 7.05 Å². The molecule has 1 aliphatic rings. The Hall–Kier alpha value is -3.10. The molecular weight excluding hydrogens is 460 g/mol. The lowest BCUT2D eigenvalue weighted by Crippen LogP contribution is -2.44. The lowest BCUT2D eigenvalue weighted by Gasteiger charge is -2.21. The van der Waals surface area contributed by atoms with Gasteiger partial charge in [-0.1, -0.05) is 57.6 Å². The van der Waals surface area contributed by atoms with Crippen molar-refractivity contribution in [2.45, 2.75) is 90.0 Å². The topological polar surface area (TPSA) is 111 Å². The van der Waals surface area contributed by atoms with Gasteiger partial charge in [0.25, 0.3) is 0 Å². The van der Waals surface area contributed by atoms with Crippen LogP contribution < -0.4 is 16.3 Å². The average molecular weight is 501 g/mol. The van der Waals surface area contributed by atoms with Crippen molar-refractivity contribution in [3.8, 4) is 0 Å². The van der Waals surface area contributed by atoms with Gasteiger partial charge >= 0.3 is 11.8 Å². The third-order valence-electron chi connectivity index (χ3n) is 6.83. The summed E-state index contributed by atoms with van der Waals surface area (Å²) in [6, 6.07) is 5.21. The molecular formula is C27H40N4O5. The minimum absolute atomic E-state index is 0.226. The number of imide groups is 1. The van der Waals surface area contributed by atoms with Crippen LogP contribution in [0.4, 0.5) is 4.79 Å². The van der Waals surface area contributed by atoms with E-state index in [0.29, 0.717) is 19.6 Å². The van der Waals surface area contributed by atoms with Gasteiger partial charge < -0.3 is 10.1 Å². The molecule has 1 aliphatic heterocycles. The number of alkyl carbamates (subject to hydrolysis) is 1. The van der Waals surface area contributed by atoms with Gasteiger partial charge in [-0.25, -0.2) is 9.59 Å². The number of benzene rings is 1. The summed E-state index contributed by atoms with van der Waals surface area (Å²) in [4.78, 5) is 48.4. The standard InChI is InChI=1S/C27H40N4O5/c1-3-4-19-36-26(34)28-18-11-9-7-5-6-8-10-13-20-14-12-15-21-24(20)30(2)27(35)31(21)22-16-17-23(32)29-25(22)33/h12,14-15,22H,3-11,13,16-19H2,1-2H3,(H,28,34)(H,29,32,33). The first-order chi connectivity index (χ1) is 17.4. The van der Waals surface area contributed by atoms with Crippen LogP contribution >= 0.6 is 0 Å². The molecule has 3 amide bonds. The van der Waals surface area contributed by atoms with E-state index < -0.39 is 11.9 Å². The minimum Gasteiger partial charge on any atom is -0.450 e. The monoisotopic (exact) mass is 500 g/mol. The van der Waals surface area contributed by atoms with E-state index >= 15 is 0 Å². The van der Waals surface area contributed by atoms with Gasteiger partial charge in [0.2, 0.25) is 11.8 Å². The lowest BCUT2D eigenvalue weighted by atomic mass is 10.0. The number of nitrogens with zero attached hydrogens (tertiary/aromatic N) is 2. The molecule has 9 heteroatoms. The molecule has 2 aromatic rings. The number of carbonyl (C=O) groups is 3. The number of piperidine rings is 1. The molecule has 1 fully saturated rings. The van der Waals surface area contributed by atoms with Crippen LogP contribution in [0.2, 0.25) is 0 Å². The molecule has 0 radical (unpaired) electrons. The van der Waals surface area contributed by atoms with Gasteiger partial charge in [0.05, 0.1) is 17.6 Å². The van der Waals surface area contributed by atoms with Crippen LogP contribution in [0.15, 0.2) is 23.0 Å². The molecule has 2 N–H and O–H groups in total. The number of rotatable bonds is 14. The van der Waals surface area contributed by atoms with Crippen LogP contribution in [0.3, 0.4) is 0 Å². The summed E-state index contributed by atoms with van der Waals surface area (Å²) in [6.07, 6.45) is 10.7. The van der Waals surface area contributed by atoms with E-state index in [1.807, 2.05) is 12.1 Å². The van der Waals surface area contributed by atoms with E-state index in [9.17, 15) is 19.2 Å². The number of nitrogens with one attached hydrogen (secondary N) is 2. The van der Waals surface area contributed by atoms with Crippen LogP contribution in [-0.4, -0.2) is 40.2 Å². The van der Waals surface area contributed by atoms with Gasteiger partial charge in [0.1, 0.15) is 6.04 Å². The molecule has 0 saturated carbocycles. The second-order valence-electron chi connectivity index (χ2n) is 9.60. The number of imidazole rings is 1. The minimum atomic E-state index is -0.656. The van der Waals surface area contributed by atoms with Crippen molar-refractivity contribution >= 4 is 28.9 Å². The molecule has 0 bridgehead atoms. The van der Waals surface area contributed by atoms with E-state index in [-0.39, 0.29) is 24.1 Å². The van der Waals surface area contributed by atoms with E-state index in [1.165, 1.54) is 0 Å². The van der Waals surface area contributed by atoms with E-state index in [1.54, 1.807) is 16.2 Å². The highest BCUT2D eigenvalue weighted by Gasteiger charge is 2.31. The largest absolute Gasteiger partial charge is 0.450 e. The Labute approximate surface area is 212 Å². The predicted molar refractivity (Wildman–Crippen MR) is 139 cm³/mol. The van der Waals surface area contributed by atoms with Crippen molar-refractivity contribution in [3.05, 3.63) is 34.2 Å². The Kier molecular flexibility index (Phi) is 10.6. The number of carbonyl (C=O) groups excluding carboxylic acids is 3. The van der Waals surface area contributed by atoms with Gasteiger partial charge in [-0.15, -0.1) is 0 Å².